The van der Waals surface area contributed by atoms with Crippen molar-refractivity contribution in [1.82, 2.24) is 15.0 Å². The van der Waals surface area contributed by atoms with Crippen LogP contribution in [-0.2, 0) is 11.0 Å². The van der Waals surface area contributed by atoms with E-state index in [1.165, 1.54) is 12.1 Å². The third kappa shape index (κ3) is 5.44. The Kier molecular flexibility index (Phi) is 5.96. The highest BCUT2D eigenvalue weighted by molar-refractivity contribution is 5.99. The summed E-state index contributed by atoms with van der Waals surface area (Å²) in [5.41, 5.74) is 4.16. The number of amides is 1. The zero-order valence-electron chi connectivity index (χ0n) is 15.4. The Morgan fingerprint density at radius 3 is 2.59 bits per heavy atom. The van der Waals surface area contributed by atoms with Crippen LogP contribution in [0.3, 0.4) is 0 Å². The highest BCUT2D eigenvalue weighted by Gasteiger charge is 2.30. The number of alkyl halides is 3. The number of hydrogen-bond acceptors (Lipinski definition) is 4. The number of nitrogens with zero attached hydrogens (tertiary/aromatic N) is 3. The minimum absolute atomic E-state index is 0.200. The van der Waals surface area contributed by atoms with Crippen LogP contribution in [0.15, 0.2) is 72.4 Å². The Bertz CT molecular complexity index is 996. The van der Waals surface area contributed by atoms with Crippen LogP contribution < -0.4 is 10.7 Å². The van der Waals surface area contributed by atoms with Gasteiger partial charge < -0.3 is 9.88 Å². The third-order valence-electron chi connectivity index (χ3n) is 4.08. The van der Waals surface area contributed by atoms with Gasteiger partial charge in [0, 0.05) is 23.8 Å². The number of halogens is 3. The zero-order valence-corrected chi connectivity index (χ0v) is 15.4. The first-order valence-corrected chi connectivity index (χ1v) is 8.66. The van der Waals surface area contributed by atoms with E-state index in [-0.39, 0.29) is 12.2 Å². The van der Waals surface area contributed by atoms with Crippen molar-refractivity contribution in [2.45, 2.75) is 13.1 Å². The summed E-state index contributed by atoms with van der Waals surface area (Å²) in [4.78, 5) is 15.9. The van der Waals surface area contributed by atoms with Gasteiger partial charge in [-0.15, -0.1) is 0 Å². The standard InChI is InChI=1S/C20H18F3N5O/c1-14(15-5-7-18(8-6-15)28-10-9-24-13-28)26-27-19(29)12-25-17-4-2-3-16(11-17)20(21,22)23/h2-11,13,25H,12H2,1H3,(H,27,29)/b26-14+. The molecular weight excluding hydrogens is 383 g/mol. The molecule has 0 saturated carbocycles. The Morgan fingerprint density at radius 2 is 1.93 bits per heavy atom. The first-order valence-electron chi connectivity index (χ1n) is 8.66. The molecule has 2 aromatic carbocycles. The maximum absolute atomic E-state index is 12.7. The van der Waals surface area contributed by atoms with Gasteiger partial charge in [0.2, 0.25) is 0 Å². The summed E-state index contributed by atoms with van der Waals surface area (Å²) < 4.78 is 40.0. The molecule has 3 aromatic rings. The lowest BCUT2D eigenvalue weighted by atomic mass is 10.1. The molecule has 6 nitrogen and oxygen atoms in total. The van der Waals surface area contributed by atoms with Gasteiger partial charge >= 0.3 is 6.18 Å². The molecule has 3 rings (SSSR count). The topological polar surface area (TPSA) is 71.3 Å². The van der Waals surface area contributed by atoms with Crippen LogP contribution in [-0.4, -0.2) is 27.7 Å². The van der Waals surface area contributed by atoms with E-state index in [0.29, 0.717) is 5.71 Å². The predicted molar refractivity (Wildman–Crippen MR) is 104 cm³/mol. The number of hydrazone groups is 1. The molecule has 0 bridgehead atoms. The molecule has 0 aliphatic carbocycles. The maximum Gasteiger partial charge on any atom is 0.416 e. The summed E-state index contributed by atoms with van der Waals surface area (Å²) in [6, 6.07) is 12.2. The molecule has 0 saturated heterocycles. The fourth-order valence-corrected chi connectivity index (χ4v) is 2.52. The van der Waals surface area contributed by atoms with E-state index in [9.17, 15) is 18.0 Å². The normalized spacial score (nSPS) is 11.9. The van der Waals surface area contributed by atoms with Gasteiger partial charge in [-0.05, 0) is 42.8 Å². The van der Waals surface area contributed by atoms with Crippen LogP contribution in [0, 0.1) is 0 Å². The molecule has 0 radical (unpaired) electrons. The second-order valence-corrected chi connectivity index (χ2v) is 6.18. The largest absolute Gasteiger partial charge is 0.416 e. The van der Waals surface area contributed by atoms with E-state index in [2.05, 4.69) is 20.8 Å². The second-order valence-electron chi connectivity index (χ2n) is 6.18. The number of benzene rings is 2. The van der Waals surface area contributed by atoms with E-state index in [0.717, 1.165) is 23.4 Å². The number of aromatic nitrogens is 2. The van der Waals surface area contributed by atoms with Crippen LogP contribution >= 0.6 is 0 Å². The summed E-state index contributed by atoms with van der Waals surface area (Å²) in [6.45, 7) is 1.53. The van der Waals surface area contributed by atoms with Crippen LogP contribution in [0.25, 0.3) is 5.69 Å². The average molecular weight is 401 g/mol. The number of imidazole rings is 1. The first-order chi connectivity index (χ1) is 13.8. The lowest BCUT2D eigenvalue weighted by Crippen LogP contribution is -2.26. The first kappa shape index (κ1) is 20.1. The summed E-state index contributed by atoms with van der Waals surface area (Å²) in [5, 5.41) is 6.69. The molecule has 1 heterocycles. The van der Waals surface area contributed by atoms with Crippen molar-refractivity contribution in [2.24, 2.45) is 5.10 Å². The highest BCUT2D eigenvalue weighted by atomic mass is 19.4. The number of hydrogen-bond donors (Lipinski definition) is 2. The molecule has 0 aliphatic rings. The molecule has 0 atom stereocenters. The molecule has 0 spiro atoms. The fraction of sp³-hybridized carbons (Fsp3) is 0.150. The van der Waals surface area contributed by atoms with E-state index < -0.39 is 17.6 Å². The second kappa shape index (κ2) is 8.59. The predicted octanol–water partition coefficient (Wildman–Crippen LogP) is 3.84. The molecule has 1 amide bonds. The van der Waals surface area contributed by atoms with Crippen LogP contribution in [0.2, 0.25) is 0 Å². The number of carbonyl (C=O) groups excluding carboxylic acids is 1. The van der Waals surface area contributed by atoms with Gasteiger partial charge in [-0.25, -0.2) is 10.4 Å². The van der Waals surface area contributed by atoms with E-state index in [1.54, 1.807) is 19.4 Å². The number of nitrogens with one attached hydrogen (secondary N) is 2. The molecular formula is C20H18F3N5O. The van der Waals surface area contributed by atoms with Crippen molar-refractivity contribution in [3.8, 4) is 5.69 Å². The van der Waals surface area contributed by atoms with E-state index >= 15 is 0 Å². The number of anilines is 1. The minimum Gasteiger partial charge on any atom is -0.376 e. The lowest BCUT2D eigenvalue weighted by molar-refractivity contribution is -0.137. The van der Waals surface area contributed by atoms with Gasteiger partial charge in [0.05, 0.1) is 24.1 Å². The van der Waals surface area contributed by atoms with Gasteiger partial charge in [0.1, 0.15) is 0 Å². The van der Waals surface area contributed by atoms with Crippen molar-refractivity contribution in [3.63, 3.8) is 0 Å². The van der Waals surface area contributed by atoms with Crippen LogP contribution in [0.4, 0.5) is 18.9 Å². The minimum atomic E-state index is -4.44. The fourth-order valence-electron chi connectivity index (χ4n) is 2.52. The summed E-state index contributed by atoms with van der Waals surface area (Å²) in [6.07, 6.45) is 0.763. The van der Waals surface area contributed by atoms with Crippen molar-refractivity contribution in [3.05, 3.63) is 78.4 Å². The molecule has 1 aromatic heterocycles. The van der Waals surface area contributed by atoms with Gasteiger partial charge in [-0.3, -0.25) is 4.79 Å². The molecule has 0 aliphatic heterocycles. The third-order valence-corrected chi connectivity index (χ3v) is 4.08. The molecule has 150 valence electrons. The lowest BCUT2D eigenvalue weighted by Gasteiger charge is -2.10. The number of rotatable bonds is 6. The Hall–Kier alpha value is -3.62. The SMILES string of the molecule is C/C(=N\NC(=O)CNc1cccc(C(F)(F)F)c1)c1ccc(-n2ccnc2)cc1. The Labute approximate surface area is 165 Å². The summed E-state index contributed by atoms with van der Waals surface area (Å²) in [5.74, 6) is -0.475. The average Bonchev–Trinajstić information content (AvgIpc) is 3.25. The summed E-state index contributed by atoms with van der Waals surface area (Å²) >= 11 is 0. The number of carbonyl (C=O) groups is 1. The van der Waals surface area contributed by atoms with E-state index in [4.69, 9.17) is 0 Å². The zero-order chi connectivity index (χ0) is 20.9. The Balaban J connectivity index is 1.55. The maximum atomic E-state index is 12.7. The van der Waals surface area contributed by atoms with Gasteiger partial charge in [0.15, 0.2) is 0 Å². The molecule has 29 heavy (non-hydrogen) atoms. The van der Waals surface area contributed by atoms with Crippen molar-refractivity contribution < 1.29 is 18.0 Å². The molecule has 0 unspecified atom stereocenters. The highest BCUT2D eigenvalue weighted by Crippen LogP contribution is 2.30. The van der Waals surface area contributed by atoms with Gasteiger partial charge in [-0.1, -0.05) is 18.2 Å². The monoisotopic (exact) mass is 401 g/mol. The van der Waals surface area contributed by atoms with Crippen molar-refractivity contribution in [2.75, 3.05) is 11.9 Å². The van der Waals surface area contributed by atoms with Crippen LogP contribution in [0.1, 0.15) is 18.1 Å². The molecule has 9 heteroatoms. The van der Waals surface area contributed by atoms with E-state index in [1.807, 2.05) is 35.0 Å². The van der Waals surface area contributed by atoms with Crippen LogP contribution in [0.5, 0.6) is 0 Å². The molecule has 0 fully saturated rings. The van der Waals surface area contributed by atoms with Gasteiger partial charge in [0.25, 0.3) is 5.91 Å². The summed E-state index contributed by atoms with van der Waals surface area (Å²) in [7, 11) is 0. The molecule has 2 N–H and O–H groups in total. The quantitative estimate of drug-likeness (QED) is 0.487. The smallest absolute Gasteiger partial charge is 0.376 e. The van der Waals surface area contributed by atoms with Crippen molar-refractivity contribution in [1.29, 1.82) is 0 Å². The van der Waals surface area contributed by atoms with Gasteiger partial charge in [-0.2, -0.15) is 18.3 Å². The van der Waals surface area contributed by atoms with Crippen molar-refractivity contribution >= 4 is 17.3 Å². The Morgan fingerprint density at radius 1 is 1.17 bits per heavy atom.